The predicted octanol–water partition coefficient (Wildman–Crippen LogP) is 1.18. The molecule has 0 fully saturated rings. The summed E-state index contributed by atoms with van der Waals surface area (Å²) in [7, 11) is 3.18. The Hall–Kier alpha value is -2.58. The lowest BCUT2D eigenvalue weighted by atomic mass is 9.82. The second-order valence-electron chi connectivity index (χ2n) is 6.65. The summed E-state index contributed by atoms with van der Waals surface area (Å²) in [5, 5.41) is 19.2. The van der Waals surface area contributed by atoms with E-state index >= 15 is 0 Å². The van der Waals surface area contributed by atoms with E-state index in [1.807, 2.05) is 0 Å². The van der Waals surface area contributed by atoms with Gasteiger partial charge in [-0.15, -0.1) is 0 Å². The van der Waals surface area contributed by atoms with Crippen molar-refractivity contribution in [3.05, 3.63) is 57.4 Å². The van der Waals surface area contributed by atoms with Gasteiger partial charge in [0, 0.05) is 45.1 Å². The molecule has 0 aliphatic rings. The molecule has 2 aromatic rings. The smallest absolute Gasteiger partial charge is 0.292 e. The summed E-state index contributed by atoms with van der Waals surface area (Å²) in [4.78, 5) is 24.1. The quantitative estimate of drug-likeness (QED) is 0.644. The maximum absolute atomic E-state index is 12.0. The zero-order valence-electron chi connectivity index (χ0n) is 15.6. The van der Waals surface area contributed by atoms with Crippen LogP contribution in [-0.2, 0) is 22.6 Å². The average molecular weight is 378 g/mol. The van der Waals surface area contributed by atoms with Crippen LogP contribution in [0.4, 0.5) is 0 Å². The highest BCUT2D eigenvalue weighted by atomic mass is 16.5. The lowest BCUT2D eigenvalue weighted by molar-refractivity contribution is -0.00688. The molecule has 0 bridgehead atoms. The number of aromatic nitrogens is 2. The molecule has 8 nitrogen and oxygen atoms in total. The molecule has 0 aromatic carbocycles. The van der Waals surface area contributed by atoms with Crippen molar-refractivity contribution in [2.75, 3.05) is 27.4 Å². The minimum Gasteiger partial charge on any atom is -0.503 e. The molecule has 0 aliphatic carbocycles. The summed E-state index contributed by atoms with van der Waals surface area (Å²) >= 11 is 0. The first-order chi connectivity index (χ1) is 12.9. The number of rotatable bonds is 10. The van der Waals surface area contributed by atoms with Crippen LogP contribution in [-0.4, -0.2) is 46.8 Å². The van der Waals surface area contributed by atoms with Crippen LogP contribution >= 0.6 is 0 Å². The Balaban J connectivity index is 2.20. The lowest BCUT2D eigenvalue weighted by Gasteiger charge is -2.33. The third kappa shape index (κ3) is 5.21. The molecule has 2 heterocycles. The molecule has 0 saturated heterocycles. The standard InChI is InChI=1S/C19H26N2O6/c1-26-13-19(14-27-2,7-11-20-9-3-5-15(22)17(20)24)8-12-21-10-4-6-16(23)18(21)25/h3-6,9-10,22-23H,7-8,11-14H2,1-2H3. The van der Waals surface area contributed by atoms with Gasteiger partial charge in [0.2, 0.25) is 0 Å². The van der Waals surface area contributed by atoms with Crippen LogP contribution in [0.3, 0.4) is 0 Å². The van der Waals surface area contributed by atoms with Crippen LogP contribution in [0.25, 0.3) is 0 Å². The van der Waals surface area contributed by atoms with Gasteiger partial charge in [0.1, 0.15) is 0 Å². The van der Waals surface area contributed by atoms with Gasteiger partial charge in [0.05, 0.1) is 13.2 Å². The van der Waals surface area contributed by atoms with Crippen molar-refractivity contribution in [2.45, 2.75) is 25.9 Å². The van der Waals surface area contributed by atoms with Crippen molar-refractivity contribution in [2.24, 2.45) is 5.41 Å². The average Bonchev–Trinajstić information content (AvgIpc) is 2.64. The predicted molar refractivity (Wildman–Crippen MR) is 100 cm³/mol. The third-order valence-electron chi connectivity index (χ3n) is 4.67. The lowest BCUT2D eigenvalue weighted by Crippen LogP contribution is -2.36. The van der Waals surface area contributed by atoms with Crippen LogP contribution in [0.1, 0.15) is 12.8 Å². The SMILES string of the molecule is COCC(CCn1cccc(O)c1=O)(CCn1cccc(O)c1=O)COC. The highest BCUT2D eigenvalue weighted by Crippen LogP contribution is 2.29. The van der Waals surface area contributed by atoms with E-state index < -0.39 is 16.5 Å². The van der Waals surface area contributed by atoms with E-state index in [2.05, 4.69) is 0 Å². The molecule has 0 spiro atoms. The Kier molecular flexibility index (Phi) is 7.20. The molecule has 2 N–H and O–H groups in total. The van der Waals surface area contributed by atoms with Gasteiger partial charge >= 0.3 is 0 Å². The molecule has 0 atom stereocenters. The molecule has 2 rings (SSSR count). The molecule has 8 heteroatoms. The highest BCUT2D eigenvalue weighted by Gasteiger charge is 2.30. The van der Waals surface area contributed by atoms with Crippen molar-refractivity contribution in [1.82, 2.24) is 9.13 Å². The van der Waals surface area contributed by atoms with Gasteiger partial charge in [-0.05, 0) is 37.1 Å². The highest BCUT2D eigenvalue weighted by molar-refractivity contribution is 5.15. The minimum atomic E-state index is -0.453. The third-order valence-corrected chi connectivity index (χ3v) is 4.67. The van der Waals surface area contributed by atoms with E-state index in [0.717, 1.165) is 0 Å². The Bertz CT molecular complexity index is 786. The number of hydrogen-bond donors (Lipinski definition) is 2. The van der Waals surface area contributed by atoms with Gasteiger partial charge in [-0.2, -0.15) is 0 Å². The summed E-state index contributed by atoms with van der Waals surface area (Å²) in [6, 6.07) is 5.92. The molecule has 0 saturated carbocycles. The van der Waals surface area contributed by atoms with Gasteiger partial charge in [0.15, 0.2) is 11.5 Å². The van der Waals surface area contributed by atoms with Crippen molar-refractivity contribution >= 4 is 0 Å². The number of ether oxygens (including phenoxy) is 2. The largest absolute Gasteiger partial charge is 0.503 e. The Morgan fingerprint density at radius 2 is 1.26 bits per heavy atom. The number of pyridine rings is 2. The monoisotopic (exact) mass is 378 g/mol. The van der Waals surface area contributed by atoms with E-state index in [1.165, 1.54) is 21.3 Å². The Morgan fingerprint density at radius 1 is 0.852 bits per heavy atom. The van der Waals surface area contributed by atoms with E-state index in [1.54, 1.807) is 38.7 Å². The fourth-order valence-electron chi connectivity index (χ4n) is 3.18. The first kappa shape index (κ1) is 20.7. The van der Waals surface area contributed by atoms with Crippen molar-refractivity contribution < 1.29 is 19.7 Å². The first-order valence-corrected chi connectivity index (χ1v) is 8.67. The fraction of sp³-hybridized carbons (Fsp3) is 0.474. The van der Waals surface area contributed by atoms with Crippen molar-refractivity contribution in [3.63, 3.8) is 0 Å². The normalized spacial score (nSPS) is 11.6. The zero-order valence-corrected chi connectivity index (χ0v) is 15.6. The number of methoxy groups -OCH3 is 2. The molecule has 0 amide bonds. The van der Waals surface area contributed by atoms with Crippen LogP contribution in [0.5, 0.6) is 11.5 Å². The topological polar surface area (TPSA) is 103 Å². The second-order valence-corrected chi connectivity index (χ2v) is 6.65. The van der Waals surface area contributed by atoms with E-state index in [4.69, 9.17) is 9.47 Å². The minimum absolute atomic E-state index is 0.298. The van der Waals surface area contributed by atoms with Gasteiger partial charge < -0.3 is 28.8 Å². The van der Waals surface area contributed by atoms with Gasteiger partial charge in [-0.3, -0.25) is 9.59 Å². The van der Waals surface area contributed by atoms with Crippen LogP contribution in [0.15, 0.2) is 46.2 Å². The van der Waals surface area contributed by atoms with E-state index in [9.17, 15) is 19.8 Å². The zero-order chi connectivity index (χ0) is 19.9. The van der Waals surface area contributed by atoms with Crippen LogP contribution < -0.4 is 11.1 Å². The van der Waals surface area contributed by atoms with E-state index in [-0.39, 0.29) is 11.5 Å². The maximum Gasteiger partial charge on any atom is 0.292 e. The van der Waals surface area contributed by atoms with Crippen molar-refractivity contribution in [1.29, 1.82) is 0 Å². The maximum atomic E-state index is 12.0. The number of aromatic hydroxyl groups is 2. The molecule has 148 valence electrons. The summed E-state index contributed by atoms with van der Waals surface area (Å²) in [6.45, 7) is 1.49. The summed E-state index contributed by atoms with van der Waals surface area (Å²) in [6.07, 6.45) is 4.33. The van der Waals surface area contributed by atoms with Crippen LogP contribution in [0, 0.1) is 5.41 Å². The molecular formula is C19H26N2O6. The molecular weight excluding hydrogens is 352 g/mol. The van der Waals surface area contributed by atoms with Crippen molar-refractivity contribution in [3.8, 4) is 11.5 Å². The Morgan fingerprint density at radius 3 is 1.63 bits per heavy atom. The number of aryl methyl sites for hydroxylation is 2. The molecule has 2 aromatic heterocycles. The fourth-order valence-corrected chi connectivity index (χ4v) is 3.18. The van der Waals surface area contributed by atoms with Gasteiger partial charge in [-0.25, -0.2) is 0 Å². The Labute approximate surface area is 157 Å². The number of hydrogen-bond acceptors (Lipinski definition) is 6. The molecule has 0 unspecified atom stereocenters. The van der Waals surface area contributed by atoms with Crippen LogP contribution in [0.2, 0.25) is 0 Å². The first-order valence-electron chi connectivity index (χ1n) is 8.67. The molecule has 0 radical (unpaired) electrons. The molecule has 27 heavy (non-hydrogen) atoms. The second kappa shape index (κ2) is 9.38. The summed E-state index contributed by atoms with van der Waals surface area (Å²) in [5.41, 5.74) is -1.35. The summed E-state index contributed by atoms with van der Waals surface area (Å²) < 4.78 is 13.7. The molecule has 0 aliphatic heterocycles. The van der Waals surface area contributed by atoms with Gasteiger partial charge in [0.25, 0.3) is 11.1 Å². The number of nitrogens with zero attached hydrogens (tertiary/aromatic N) is 2. The van der Waals surface area contributed by atoms with Gasteiger partial charge in [-0.1, -0.05) is 0 Å². The van der Waals surface area contributed by atoms with E-state index in [0.29, 0.717) is 39.1 Å². The summed E-state index contributed by atoms with van der Waals surface area (Å²) in [5.74, 6) is -0.596.